The number of nitrogens with two attached hydrogens (primary N) is 1. The van der Waals surface area contributed by atoms with Crippen LogP contribution < -0.4 is 10.6 Å². The van der Waals surface area contributed by atoms with Crippen molar-refractivity contribution in [3.8, 4) is 0 Å². The average molecular weight is 295 g/mol. The van der Waals surface area contributed by atoms with Gasteiger partial charge < -0.3 is 15.7 Å². The van der Waals surface area contributed by atoms with E-state index in [1.54, 1.807) is 11.8 Å². The van der Waals surface area contributed by atoms with E-state index in [-0.39, 0.29) is 12.4 Å². The second-order valence-electron chi connectivity index (χ2n) is 4.66. The van der Waals surface area contributed by atoms with Crippen molar-refractivity contribution < 1.29 is 5.11 Å². The van der Waals surface area contributed by atoms with Crippen LogP contribution in [0, 0.1) is 5.41 Å². The average Bonchev–Trinajstić information content (AvgIpc) is 2.46. The van der Waals surface area contributed by atoms with E-state index in [0.29, 0.717) is 12.6 Å². The third-order valence-electron chi connectivity index (χ3n) is 3.53. The minimum Gasteiger partial charge on any atom is -0.395 e. The van der Waals surface area contributed by atoms with Gasteiger partial charge in [0, 0.05) is 23.2 Å². The van der Waals surface area contributed by atoms with Gasteiger partial charge in [-0.05, 0) is 31.2 Å². The molecule has 1 aromatic carbocycles. The Hall–Kier alpha value is -1.20. The Bertz CT molecular complexity index is 447. The SMILES string of the molecule is CCC(CC)N(CCO)c1cccc(SC)c1C(=N)N. The molecule has 1 rings (SSSR count). The number of hydrogen-bond donors (Lipinski definition) is 3. The minimum absolute atomic E-state index is 0.0823. The molecule has 0 atom stereocenters. The molecular weight excluding hydrogens is 270 g/mol. The van der Waals surface area contributed by atoms with E-state index >= 15 is 0 Å². The number of nitrogen functional groups attached to an aromatic ring is 1. The van der Waals surface area contributed by atoms with E-state index in [2.05, 4.69) is 18.7 Å². The quantitative estimate of drug-likeness (QED) is 0.392. The third kappa shape index (κ3) is 3.67. The number of hydrogen-bond acceptors (Lipinski definition) is 4. The Kier molecular flexibility index (Phi) is 6.88. The molecule has 5 heteroatoms. The molecule has 0 fully saturated rings. The van der Waals surface area contributed by atoms with Gasteiger partial charge in [0.1, 0.15) is 5.84 Å². The molecule has 1 aromatic rings. The highest BCUT2D eigenvalue weighted by Gasteiger charge is 2.21. The summed E-state index contributed by atoms with van der Waals surface area (Å²) in [5.74, 6) is 0.0823. The third-order valence-corrected chi connectivity index (χ3v) is 4.31. The first-order valence-corrected chi connectivity index (χ1v) is 8.21. The van der Waals surface area contributed by atoms with Gasteiger partial charge in [0.05, 0.1) is 12.2 Å². The Balaban J connectivity index is 3.35. The fraction of sp³-hybridized carbons (Fsp3) is 0.533. The number of rotatable bonds is 8. The van der Waals surface area contributed by atoms with Gasteiger partial charge in [-0.1, -0.05) is 19.9 Å². The predicted octanol–water partition coefficient (Wildman–Crippen LogP) is 2.68. The highest BCUT2D eigenvalue weighted by atomic mass is 32.2. The summed E-state index contributed by atoms with van der Waals surface area (Å²) in [7, 11) is 0. The van der Waals surface area contributed by atoms with Crippen LogP contribution in [0.3, 0.4) is 0 Å². The summed E-state index contributed by atoms with van der Waals surface area (Å²) in [6, 6.07) is 6.30. The van der Waals surface area contributed by atoms with Gasteiger partial charge in [-0.15, -0.1) is 11.8 Å². The van der Waals surface area contributed by atoms with Gasteiger partial charge >= 0.3 is 0 Å². The van der Waals surface area contributed by atoms with Crippen molar-refractivity contribution in [2.75, 3.05) is 24.3 Å². The first-order chi connectivity index (χ1) is 9.60. The van der Waals surface area contributed by atoms with Gasteiger partial charge in [-0.25, -0.2) is 0 Å². The summed E-state index contributed by atoms with van der Waals surface area (Å²) >= 11 is 1.59. The second kappa shape index (κ2) is 8.17. The van der Waals surface area contributed by atoms with Crippen LogP contribution in [0.15, 0.2) is 23.1 Å². The lowest BCUT2D eigenvalue weighted by molar-refractivity contribution is 0.296. The van der Waals surface area contributed by atoms with Crippen LogP contribution in [0.2, 0.25) is 0 Å². The summed E-state index contributed by atoms with van der Waals surface area (Å²) in [5, 5.41) is 17.2. The smallest absolute Gasteiger partial charge is 0.126 e. The first kappa shape index (κ1) is 16.9. The summed E-state index contributed by atoms with van der Waals surface area (Å²) in [6.45, 7) is 4.94. The maximum absolute atomic E-state index is 9.36. The molecule has 0 aliphatic rings. The monoisotopic (exact) mass is 295 g/mol. The predicted molar refractivity (Wildman–Crippen MR) is 88.0 cm³/mol. The largest absolute Gasteiger partial charge is 0.395 e. The second-order valence-corrected chi connectivity index (χ2v) is 5.50. The van der Waals surface area contributed by atoms with Crippen molar-refractivity contribution in [3.63, 3.8) is 0 Å². The lowest BCUT2D eigenvalue weighted by atomic mass is 10.1. The molecule has 0 spiro atoms. The number of thioether (sulfide) groups is 1. The zero-order valence-corrected chi connectivity index (χ0v) is 13.3. The summed E-state index contributed by atoms with van der Waals surface area (Å²) < 4.78 is 0. The molecular formula is C15H25N3OS. The molecule has 0 heterocycles. The van der Waals surface area contributed by atoms with Crippen LogP contribution in [0.5, 0.6) is 0 Å². The maximum atomic E-state index is 9.36. The fourth-order valence-corrected chi connectivity index (χ4v) is 3.17. The molecule has 0 aliphatic heterocycles. The minimum atomic E-state index is 0.0823. The van der Waals surface area contributed by atoms with Crippen molar-refractivity contribution >= 4 is 23.3 Å². The Morgan fingerprint density at radius 3 is 2.50 bits per heavy atom. The number of benzene rings is 1. The van der Waals surface area contributed by atoms with Crippen LogP contribution in [0.1, 0.15) is 32.3 Å². The number of aliphatic hydroxyl groups excluding tert-OH is 1. The molecule has 0 bridgehead atoms. The summed E-state index contributed by atoms with van der Waals surface area (Å²) in [5.41, 5.74) is 7.52. The van der Waals surface area contributed by atoms with Gasteiger partial charge in [0.15, 0.2) is 0 Å². The Morgan fingerprint density at radius 1 is 1.40 bits per heavy atom. The van der Waals surface area contributed by atoms with E-state index in [0.717, 1.165) is 29.0 Å². The van der Waals surface area contributed by atoms with Crippen LogP contribution in [-0.2, 0) is 0 Å². The molecule has 0 amide bonds. The number of aliphatic hydroxyl groups is 1. The number of nitrogens with one attached hydrogen (secondary N) is 1. The van der Waals surface area contributed by atoms with Gasteiger partial charge in [0.25, 0.3) is 0 Å². The lowest BCUT2D eigenvalue weighted by Gasteiger charge is -2.34. The number of amidine groups is 1. The van der Waals surface area contributed by atoms with Gasteiger partial charge in [-0.3, -0.25) is 5.41 Å². The molecule has 0 radical (unpaired) electrons. The van der Waals surface area contributed by atoms with E-state index in [1.165, 1.54) is 0 Å². The molecule has 0 aliphatic carbocycles. The van der Waals surface area contributed by atoms with Crippen LogP contribution in [0.4, 0.5) is 5.69 Å². The van der Waals surface area contributed by atoms with E-state index in [4.69, 9.17) is 11.1 Å². The highest BCUT2D eigenvalue weighted by Crippen LogP contribution is 2.31. The van der Waals surface area contributed by atoms with E-state index in [9.17, 15) is 5.11 Å². The maximum Gasteiger partial charge on any atom is 0.126 e. The highest BCUT2D eigenvalue weighted by molar-refractivity contribution is 7.98. The summed E-state index contributed by atoms with van der Waals surface area (Å²) in [6.07, 6.45) is 3.98. The molecule has 0 saturated heterocycles. The van der Waals surface area contributed by atoms with Crippen molar-refractivity contribution in [1.29, 1.82) is 5.41 Å². The Morgan fingerprint density at radius 2 is 2.05 bits per heavy atom. The van der Waals surface area contributed by atoms with E-state index in [1.807, 2.05) is 24.5 Å². The van der Waals surface area contributed by atoms with E-state index < -0.39 is 0 Å². The van der Waals surface area contributed by atoms with Crippen molar-refractivity contribution in [3.05, 3.63) is 23.8 Å². The van der Waals surface area contributed by atoms with Crippen LogP contribution in [-0.4, -0.2) is 36.4 Å². The molecule has 0 saturated carbocycles. The zero-order valence-electron chi connectivity index (χ0n) is 12.5. The van der Waals surface area contributed by atoms with Crippen molar-refractivity contribution in [2.24, 2.45) is 5.73 Å². The zero-order chi connectivity index (χ0) is 15.1. The first-order valence-electron chi connectivity index (χ1n) is 6.99. The van der Waals surface area contributed by atoms with Crippen molar-refractivity contribution in [2.45, 2.75) is 37.6 Å². The molecule has 0 unspecified atom stereocenters. The molecule has 0 aromatic heterocycles. The van der Waals surface area contributed by atoms with Gasteiger partial charge in [0.2, 0.25) is 0 Å². The molecule has 4 nitrogen and oxygen atoms in total. The summed E-state index contributed by atoms with van der Waals surface area (Å²) in [4.78, 5) is 3.18. The Labute approximate surface area is 125 Å². The molecule has 20 heavy (non-hydrogen) atoms. The molecule has 112 valence electrons. The standard InChI is InChI=1S/C15H25N3OS/c1-4-11(5-2)18(9-10-19)12-7-6-8-13(20-3)14(12)15(16)17/h6-8,11,19H,4-5,9-10H2,1-3H3,(H3,16,17). The van der Waals surface area contributed by atoms with Crippen LogP contribution >= 0.6 is 11.8 Å². The number of nitrogens with zero attached hydrogens (tertiary/aromatic N) is 1. The normalized spacial score (nSPS) is 10.8. The van der Waals surface area contributed by atoms with Gasteiger partial charge in [-0.2, -0.15) is 0 Å². The fourth-order valence-electron chi connectivity index (χ4n) is 2.54. The van der Waals surface area contributed by atoms with Crippen LogP contribution in [0.25, 0.3) is 0 Å². The number of anilines is 1. The topological polar surface area (TPSA) is 73.3 Å². The van der Waals surface area contributed by atoms with Crippen molar-refractivity contribution in [1.82, 2.24) is 0 Å². The lowest BCUT2D eigenvalue weighted by Crippen LogP contribution is -2.38. The molecule has 4 N–H and O–H groups in total.